The van der Waals surface area contributed by atoms with Gasteiger partial charge in [0.2, 0.25) is 0 Å². The highest BCUT2D eigenvalue weighted by Crippen LogP contribution is 2.20. The van der Waals surface area contributed by atoms with E-state index in [9.17, 15) is 0 Å². The molecule has 2 nitrogen and oxygen atoms in total. The van der Waals surface area contributed by atoms with Gasteiger partial charge in [-0.1, -0.05) is 30.3 Å². The van der Waals surface area contributed by atoms with E-state index in [1.54, 1.807) is 0 Å². The summed E-state index contributed by atoms with van der Waals surface area (Å²) >= 11 is 0. The van der Waals surface area contributed by atoms with Crippen molar-refractivity contribution in [1.82, 2.24) is 4.90 Å². The van der Waals surface area contributed by atoms with E-state index in [1.165, 1.54) is 18.5 Å². The summed E-state index contributed by atoms with van der Waals surface area (Å²) in [6.07, 6.45) is 4.85. The van der Waals surface area contributed by atoms with Crippen LogP contribution in [0.5, 0.6) is 0 Å². The van der Waals surface area contributed by atoms with Crippen molar-refractivity contribution in [2.45, 2.75) is 19.4 Å². The number of likely N-dealkylation sites (tertiary alicyclic amines) is 1. The first-order chi connectivity index (χ1) is 7.88. The predicted molar refractivity (Wildman–Crippen MR) is 67.8 cm³/mol. The molecule has 1 atom stereocenters. The summed E-state index contributed by atoms with van der Waals surface area (Å²) in [4.78, 5) is 2.50. The van der Waals surface area contributed by atoms with Crippen molar-refractivity contribution in [2.75, 3.05) is 19.6 Å². The molecule has 0 amide bonds. The molecule has 87 valence electrons. The van der Waals surface area contributed by atoms with E-state index in [4.69, 9.17) is 5.73 Å². The highest BCUT2D eigenvalue weighted by Gasteiger charge is 2.18. The van der Waals surface area contributed by atoms with E-state index >= 15 is 0 Å². The van der Waals surface area contributed by atoms with Crippen molar-refractivity contribution in [2.24, 2.45) is 11.7 Å². The maximum absolute atomic E-state index is 5.58. The molecule has 1 aromatic rings. The lowest BCUT2D eigenvalue weighted by molar-refractivity contribution is 0.218. The summed E-state index contributed by atoms with van der Waals surface area (Å²) in [6.45, 7) is 4.21. The molecule has 2 N–H and O–H groups in total. The number of hydrogen-bond donors (Lipinski definition) is 1. The number of piperidine rings is 1. The second-order valence-corrected chi connectivity index (χ2v) is 4.58. The smallest absolute Gasteiger partial charge is 0.0233 e. The Hall–Kier alpha value is -0.860. The number of rotatable bonds is 4. The largest absolute Gasteiger partial charge is 0.330 e. The van der Waals surface area contributed by atoms with Gasteiger partial charge >= 0.3 is 0 Å². The van der Waals surface area contributed by atoms with Crippen molar-refractivity contribution < 1.29 is 0 Å². The Balaban J connectivity index is 1.77. The van der Waals surface area contributed by atoms with Gasteiger partial charge in [-0.15, -0.1) is 0 Å². The highest BCUT2D eigenvalue weighted by atomic mass is 15.1. The molecule has 2 rings (SSSR count). The maximum Gasteiger partial charge on any atom is 0.0233 e. The van der Waals surface area contributed by atoms with E-state index in [0.29, 0.717) is 0 Å². The third-order valence-electron chi connectivity index (χ3n) is 3.30. The normalized spacial score (nSPS) is 18.8. The van der Waals surface area contributed by atoms with E-state index in [1.807, 2.05) is 0 Å². The molecule has 0 aromatic heterocycles. The summed E-state index contributed by atoms with van der Waals surface area (Å²) < 4.78 is 0. The average molecular weight is 217 g/mol. The number of benzene rings is 1. The second kappa shape index (κ2) is 6.02. The molecule has 1 heterocycles. The molecule has 1 fully saturated rings. The van der Waals surface area contributed by atoms with Gasteiger partial charge in [-0.25, -0.2) is 0 Å². The summed E-state index contributed by atoms with van der Waals surface area (Å²) in [6, 6.07) is 10.7. The number of nitrogens with zero attached hydrogens (tertiary/aromatic N) is 1. The third-order valence-corrected chi connectivity index (χ3v) is 3.30. The number of nitrogens with two attached hydrogens (primary N) is 1. The van der Waals surface area contributed by atoms with Crippen LogP contribution in [0.1, 0.15) is 18.4 Å². The van der Waals surface area contributed by atoms with Crippen LogP contribution in [0.4, 0.5) is 0 Å². The molecule has 0 spiro atoms. The van der Waals surface area contributed by atoms with E-state index in [2.05, 4.69) is 41.7 Å². The van der Waals surface area contributed by atoms with Crippen molar-refractivity contribution in [3.05, 3.63) is 42.3 Å². The molecule has 0 bridgehead atoms. The van der Waals surface area contributed by atoms with Crippen molar-refractivity contribution >= 4 is 0 Å². The first kappa shape index (κ1) is 11.6. The lowest BCUT2D eigenvalue weighted by Crippen LogP contribution is -2.34. The van der Waals surface area contributed by atoms with Crippen molar-refractivity contribution in [1.29, 1.82) is 0 Å². The standard InChI is InChI=1S/C14H21N2/c15-9-6-13-7-10-16(11-8-13)12-14-4-2-1-3-5-14/h1-5,7,13H,6,8-12,15H2. The van der Waals surface area contributed by atoms with Crippen LogP contribution >= 0.6 is 0 Å². The second-order valence-electron chi connectivity index (χ2n) is 4.58. The van der Waals surface area contributed by atoms with Gasteiger partial charge in [-0.05, 0) is 43.8 Å². The molecule has 1 aliphatic rings. The Morgan fingerprint density at radius 1 is 1.25 bits per heavy atom. The fourth-order valence-corrected chi connectivity index (χ4v) is 2.32. The molecule has 1 unspecified atom stereocenters. The minimum Gasteiger partial charge on any atom is -0.330 e. The zero-order chi connectivity index (χ0) is 11.2. The van der Waals surface area contributed by atoms with Crippen LogP contribution in [-0.4, -0.2) is 24.5 Å². The summed E-state index contributed by atoms with van der Waals surface area (Å²) in [5, 5.41) is 0. The summed E-state index contributed by atoms with van der Waals surface area (Å²) in [7, 11) is 0. The Bertz CT molecular complexity index is 289. The van der Waals surface area contributed by atoms with Crippen LogP contribution < -0.4 is 5.73 Å². The van der Waals surface area contributed by atoms with Crippen LogP contribution in [0.3, 0.4) is 0 Å². The highest BCUT2D eigenvalue weighted by molar-refractivity contribution is 5.14. The van der Waals surface area contributed by atoms with Crippen LogP contribution in [0.25, 0.3) is 0 Å². The zero-order valence-electron chi connectivity index (χ0n) is 9.81. The van der Waals surface area contributed by atoms with Crippen LogP contribution in [0.15, 0.2) is 30.3 Å². The topological polar surface area (TPSA) is 29.3 Å². The quantitative estimate of drug-likeness (QED) is 0.836. The molecule has 0 aliphatic carbocycles. The molecular weight excluding hydrogens is 196 g/mol. The number of hydrogen-bond acceptors (Lipinski definition) is 2. The van der Waals surface area contributed by atoms with Gasteiger partial charge in [-0.3, -0.25) is 4.90 Å². The molecule has 1 saturated heterocycles. The minimum absolute atomic E-state index is 0.747. The lowest BCUT2D eigenvalue weighted by Gasteiger charge is -2.31. The fourth-order valence-electron chi connectivity index (χ4n) is 2.32. The van der Waals surface area contributed by atoms with Crippen molar-refractivity contribution in [3.63, 3.8) is 0 Å². The van der Waals surface area contributed by atoms with Crippen LogP contribution in [0, 0.1) is 12.3 Å². The van der Waals surface area contributed by atoms with Crippen molar-refractivity contribution in [3.8, 4) is 0 Å². The third kappa shape index (κ3) is 3.32. The first-order valence-electron chi connectivity index (χ1n) is 6.18. The molecule has 0 saturated carbocycles. The average Bonchev–Trinajstić information content (AvgIpc) is 2.33. The zero-order valence-corrected chi connectivity index (χ0v) is 9.81. The monoisotopic (exact) mass is 217 g/mol. The minimum atomic E-state index is 0.747. The molecule has 16 heavy (non-hydrogen) atoms. The van der Waals surface area contributed by atoms with Gasteiger partial charge < -0.3 is 5.73 Å². The Morgan fingerprint density at radius 2 is 2.06 bits per heavy atom. The predicted octanol–water partition coefficient (Wildman–Crippen LogP) is 2.06. The SMILES string of the molecule is NCCC1[CH]CN(Cc2ccccc2)CC1. The Morgan fingerprint density at radius 3 is 2.69 bits per heavy atom. The van der Waals surface area contributed by atoms with Gasteiger partial charge in [0.1, 0.15) is 0 Å². The molecule has 1 aromatic carbocycles. The Labute approximate surface area is 98.4 Å². The Kier molecular flexibility index (Phi) is 4.37. The summed E-state index contributed by atoms with van der Waals surface area (Å²) in [5.41, 5.74) is 6.99. The van der Waals surface area contributed by atoms with Gasteiger partial charge in [-0.2, -0.15) is 0 Å². The fraction of sp³-hybridized carbons (Fsp3) is 0.500. The first-order valence-corrected chi connectivity index (χ1v) is 6.18. The van der Waals surface area contributed by atoms with Gasteiger partial charge in [0.05, 0.1) is 0 Å². The lowest BCUT2D eigenvalue weighted by atomic mass is 9.93. The van der Waals surface area contributed by atoms with Gasteiger partial charge in [0.15, 0.2) is 0 Å². The molecule has 1 aliphatic heterocycles. The van der Waals surface area contributed by atoms with Crippen LogP contribution in [0.2, 0.25) is 0 Å². The van der Waals surface area contributed by atoms with E-state index < -0.39 is 0 Å². The van der Waals surface area contributed by atoms with E-state index in [0.717, 1.165) is 32.0 Å². The van der Waals surface area contributed by atoms with Gasteiger partial charge in [0, 0.05) is 13.1 Å². The molecular formula is C14H21N2. The van der Waals surface area contributed by atoms with Gasteiger partial charge in [0.25, 0.3) is 0 Å². The maximum atomic E-state index is 5.58. The van der Waals surface area contributed by atoms with Crippen LogP contribution in [-0.2, 0) is 6.54 Å². The van der Waals surface area contributed by atoms with E-state index in [-0.39, 0.29) is 0 Å². The summed E-state index contributed by atoms with van der Waals surface area (Å²) in [5.74, 6) is 0.747. The molecule has 2 heteroatoms. The molecule has 1 radical (unpaired) electrons.